The van der Waals surface area contributed by atoms with Crippen molar-refractivity contribution in [2.24, 2.45) is 0 Å². The Bertz CT molecular complexity index is 734. The smallest absolute Gasteiger partial charge is 0.407 e. The molecule has 6 heteroatoms. The van der Waals surface area contributed by atoms with Crippen LogP contribution >= 0.6 is 0 Å². The Hall–Kier alpha value is -2.50. The number of benzene rings is 1. The second kappa shape index (κ2) is 8.05. The maximum absolute atomic E-state index is 12.7. The number of carbonyl (C=O) groups is 2. The van der Waals surface area contributed by atoms with Crippen LogP contribution in [0.4, 0.5) is 4.79 Å². The Kier molecular flexibility index (Phi) is 5.58. The lowest BCUT2D eigenvalue weighted by Crippen LogP contribution is -2.50. The molecule has 0 aliphatic heterocycles. The first-order valence-corrected chi connectivity index (χ1v) is 8.96. The molecule has 6 nitrogen and oxygen atoms in total. The number of hydrogen-bond donors (Lipinski definition) is 3. The highest BCUT2D eigenvalue weighted by Crippen LogP contribution is 2.20. The summed E-state index contributed by atoms with van der Waals surface area (Å²) in [7, 11) is 0. The summed E-state index contributed by atoms with van der Waals surface area (Å²) in [5.74, 6) is -0.148. The molecule has 1 fully saturated rings. The number of ether oxygens (including phenoxy) is 1. The minimum Gasteiger partial charge on any atom is -0.450 e. The molecule has 2 aromatic rings. The average Bonchev–Trinajstić information content (AvgIpc) is 3.25. The fourth-order valence-corrected chi connectivity index (χ4v) is 3.42. The molecule has 0 radical (unpaired) electrons. The lowest BCUT2D eigenvalue weighted by Gasteiger charge is -2.20. The van der Waals surface area contributed by atoms with Gasteiger partial charge in [0.1, 0.15) is 6.04 Å². The van der Waals surface area contributed by atoms with Crippen molar-refractivity contribution >= 4 is 22.9 Å². The van der Waals surface area contributed by atoms with E-state index in [1.54, 1.807) is 6.92 Å². The van der Waals surface area contributed by atoms with Gasteiger partial charge in [0.15, 0.2) is 0 Å². The number of rotatable bonds is 6. The second-order valence-electron chi connectivity index (χ2n) is 6.47. The molecule has 2 amide bonds. The van der Waals surface area contributed by atoms with E-state index in [4.69, 9.17) is 4.74 Å². The first-order valence-electron chi connectivity index (χ1n) is 8.96. The zero-order valence-electron chi connectivity index (χ0n) is 14.5. The van der Waals surface area contributed by atoms with Gasteiger partial charge in [-0.3, -0.25) is 4.79 Å². The summed E-state index contributed by atoms with van der Waals surface area (Å²) >= 11 is 0. The molecule has 1 saturated carbocycles. The van der Waals surface area contributed by atoms with Crippen molar-refractivity contribution in [1.29, 1.82) is 0 Å². The van der Waals surface area contributed by atoms with Gasteiger partial charge in [-0.15, -0.1) is 0 Å². The first-order chi connectivity index (χ1) is 12.2. The number of fused-ring (bicyclic) bond motifs is 1. The molecule has 0 saturated heterocycles. The Morgan fingerprint density at radius 2 is 2.04 bits per heavy atom. The summed E-state index contributed by atoms with van der Waals surface area (Å²) in [5.41, 5.74) is 2.02. The summed E-state index contributed by atoms with van der Waals surface area (Å²) < 4.78 is 4.96. The summed E-state index contributed by atoms with van der Waals surface area (Å²) in [6, 6.07) is 7.49. The van der Waals surface area contributed by atoms with Gasteiger partial charge in [-0.2, -0.15) is 0 Å². The van der Waals surface area contributed by atoms with Crippen molar-refractivity contribution in [3.05, 3.63) is 36.0 Å². The molecule has 0 spiro atoms. The molecule has 1 aromatic heterocycles. The number of aromatic nitrogens is 1. The molecule has 1 aliphatic rings. The van der Waals surface area contributed by atoms with Gasteiger partial charge >= 0.3 is 6.09 Å². The van der Waals surface area contributed by atoms with E-state index in [-0.39, 0.29) is 18.6 Å². The topological polar surface area (TPSA) is 83.2 Å². The largest absolute Gasteiger partial charge is 0.450 e. The second-order valence-corrected chi connectivity index (χ2v) is 6.47. The van der Waals surface area contributed by atoms with Gasteiger partial charge in [0, 0.05) is 29.6 Å². The number of H-pyrrole nitrogens is 1. The van der Waals surface area contributed by atoms with Gasteiger partial charge in [-0.1, -0.05) is 31.0 Å². The lowest BCUT2D eigenvalue weighted by molar-refractivity contribution is -0.123. The van der Waals surface area contributed by atoms with E-state index >= 15 is 0 Å². The molecule has 3 rings (SSSR count). The number of hydrogen-bond acceptors (Lipinski definition) is 3. The van der Waals surface area contributed by atoms with Gasteiger partial charge < -0.3 is 20.4 Å². The molecule has 0 bridgehead atoms. The van der Waals surface area contributed by atoms with E-state index < -0.39 is 12.1 Å². The fraction of sp³-hybridized carbons (Fsp3) is 0.474. The first kappa shape index (κ1) is 17.3. The number of nitrogens with one attached hydrogen (secondary N) is 3. The number of amides is 2. The van der Waals surface area contributed by atoms with E-state index in [1.807, 2.05) is 30.5 Å². The molecule has 3 N–H and O–H groups in total. The van der Waals surface area contributed by atoms with E-state index in [0.29, 0.717) is 6.42 Å². The van der Waals surface area contributed by atoms with E-state index in [0.717, 1.165) is 42.1 Å². The number of alkyl carbamates (subject to hydrolysis) is 1. The van der Waals surface area contributed by atoms with Crippen molar-refractivity contribution < 1.29 is 14.3 Å². The van der Waals surface area contributed by atoms with Crippen LogP contribution in [-0.2, 0) is 16.0 Å². The van der Waals surface area contributed by atoms with Crippen LogP contribution in [0.15, 0.2) is 30.5 Å². The highest BCUT2D eigenvalue weighted by Gasteiger charge is 2.26. The zero-order valence-corrected chi connectivity index (χ0v) is 14.5. The maximum Gasteiger partial charge on any atom is 0.407 e. The zero-order chi connectivity index (χ0) is 17.6. The van der Waals surface area contributed by atoms with Gasteiger partial charge in [0.2, 0.25) is 5.91 Å². The van der Waals surface area contributed by atoms with Crippen molar-refractivity contribution in [3.8, 4) is 0 Å². The van der Waals surface area contributed by atoms with Gasteiger partial charge in [-0.25, -0.2) is 4.79 Å². The number of carbonyl (C=O) groups excluding carboxylic acids is 2. The third kappa shape index (κ3) is 4.32. The summed E-state index contributed by atoms with van der Waals surface area (Å²) in [4.78, 5) is 27.8. The minimum atomic E-state index is -0.654. The van der Waals surface area contributed by atoms with Crippen LogP contribution in [0.3, 0.4) is 0 Å². The Morgan fingerprint density at radius 1 is 1.28 bits per heavy atom. The Labute approximate surface area is 147 Å². The van der Waals surface area contributed by atoms with Crippen LogP contribution < -0.4 is 10.6 Å². The summed E-state index contributed by atoms with van der Waals surface area (Å²) in [6.45, 7) is 2.02. The number of para-hydroxylation sites is 1. The fourth-order valence-electron chi connectivity index (χ4n) is 3.42. The van der Waals surface area contributed by atoms with Crippen LogP contribution in [0, 0.1) is 0 Å². The van der Waals surface area contributed by atoms with E-state index in [9.17, 15) is 9.59 Å². The Balaban J connectivity index is 1.74. The van der Waals surface area contributed by atoms with Crippen LogP contribution in [-0.4, -0.2) is 35.7 Å². The molecular formula is C19H25N3O3. The van der Waals surface area contributed by atoms with Crippen molar-refractivity contribution in [3.63, 3.8) is 0 Å². The van der Waals surface area contributed by atoms with Crippen LogP contribution in [0.2, 0.25) is 0 Å². The monoisotopic (exact) mass is 343 g/mol. The maximum atomic E-state index is 12.7. The molecule has 1 aromatic carbocycles. The van der Waals surface area contributed by atoms with E-state index in [2.05, 4.69) is 15.6 Å². The molecule has 1 atom stereocenters. The van der Waals surface area contributed by atoms with Crippen molar-refractivity contribution in [2.45, 2.75) is 51.1 Å². The van der Waals surface area contributed by atoms with Gasteiger partial charge in [-0.05, 0) is 31.4 Å². The van der Waals surface area contributed by atoms with Gasteiger partial charge in [0.25, 0.3) is 0 Å². The highest BCUT2D eigenvalue weighted by atomic mass is 16.5. The minimum absolute atomic E-state index is 0.148. The predicted molar refractivity (Wildman–Crippen MR) is 96.3 cm³/mol. The average molecular weight is 343 g/mol. The molecule has 1 aliphatic carbocycles. The summed E-state index contributed by atoms with van der Waals surface area (Å²) in [6.07, 6.45) is 6.05. The van der Waals surface area contributed by atoms with Crippen LogP contribution in [0.25, 0.3) is 10.9 Å². The van der Waals surface area contributed by atoms with E-state index in [1.165, 1.54) is 0 Å². The normalized spacial score (nSPS) is 15.9. The molecule has 1 heterocycles. The molecule has 134 valence electrons. The molecule has 0 unspecified atom stereocenters. The van der Waals surface area contributed by atoms with Crippen molar-refractivity contribution in [2.75, 3.05) is 6.61 Å². The lowest BCUT2D eigenvalue weighted by atomic mass is 10.0. The van der Waals surface area contributed by atoms with Crippen LogP contribution in [0.5, 0.6) is 0 Å². The third-order valence-corrected chi connectivity index (χ3v) is 4.68. The number of aromatic amines is 1. The quantitative estimate of drug-likeness (QED) is 0.754. The van der Waals surface area contributed by atoms with Crippen LogP contribution in [0.1, 0.15) is 38.2 Å². The summed E-state index contributed by atoms with van der Waals surface area (Å²) in [5, 5.41) is 6.84. The Morgan fingerprint density at radius 3 is 2.80 bits per heavy atom. The van der Waals surface area contributed by atoms with Gasteiger partial charge in [0.05, 0.1) is 6.61 Å². The molecule has 25 heavy (non-hydrogen) atoms. The molecular weight excluding hydrogens is 318 g/mol. The SMILES string of the molecule is CCOC(=O)N[C@H](Cc1c[nH]c2ccccc12)C(=O)NC1CCCC1. The standard InChI is InChI=1S/C19H25N3O3/c1-2-25-19(24)22-17(18(23)21-14-7-3-4-8-14)11-13-12-20-16-10-6-5-9-15(13)16/h5-6,9-10,12,14,17,20H,2-4,7-8,11H2,1H3,(H,21,23)(H,22,24)/t17-/m1/s1. The third-order valence-electron chi connectivity index (χ3n) is 4.68. The highest BCUT2D eigenvalue weighted by molar-refractivity contribution is 5.88. The van der Waals surface area contributed by atoms with Crippen molar-refractivity contribution in [1.82, 2.24) is 15.6 Å². The predicted octanol–water partition coefficient (Wildman–Crippen LogP) is 2.88.